The Balaban J connectivity index is 0. The molecule has 2 atom stereocenters. The predicted octanol–water partition coefficient (Wildman–Crippen LogP) is 6.78. The summed E-state index contributed by atoms with van der Waals surface area (Å²) in [6.07, 6.45) is 5.47. The SMILES string of the molecule is C=C.C=C(SC)c1ccc(S(=O)CC(CC)CCC)cc1.CC. The van der Waals surface area contributed by atoms with E-state index in [1.54, 1.807) is 11.8 Å². The summed E-state index contributed by atoms with van der Waals surface area (Å²) in [6, 6.07) is 8.00. The Labute approximate surface area is 151 Å². The van der Waals surface area contributed by atoms with E-state index in [0.29, 0.717) is 5.92 Å². The molecule has 1 rings (SSSR count). The molecule has 1 aromatic rings. The van der Waals surface area contributed by atoms with Crippen LogP contribution < -0.4 is 0 Å². The van der Waals surface area contributed by atoms with Crippen molar-refractivity contribution < 1.29 is 4.21 Å². The first-order valence-corrected chi connectivity index (χ1v) is 10.9. The topological polar surface area (TPSA) is 17.1 Å². The predicted molar refractivity (Wildman–Crippen MR) is 112 cm³/mol. The van der Waals surface area contributed by atoms with Gasteiger partial charge in [-0.05, 0) is 36.3 Å². The molecule has 0 saturated heterocycles. The Morgan fingerprint density at radius 2 is 1.70 bits per heavy atom. The Hall–Kier alpha value is -0.800. The molecule has 0 N–H and O–H groups in total. The van der Waals surface area contributed by atoms with Crippen LogP contribution in [0.5, 0.6) is 0 Å². The van der Waals surface area contributed by atoms with Gasteiger partial charge in [-0.1, -0.05) is 59.2 Å². The van der Waals surface area contributed by atoms with Crippen LogP contribution in [-0.4, -0.2) is 16.2 Å². The summed E-state index contributed by atoms with van der Waals surface area (Å²) in [5.41, 5.74) is 1.12. The molecule has 132 valence electrons. The van der Waals surface area contributed by atoms with Gasteiger partial charge < -0.3 is 0 Å². The average molecular weight is 355 g/mol. The summed E-state index contributed by atoms with van der Waals surface area (Å²) in [7, 11) is -0.875. The number of thioether (sulfide) groups is 1. The second kappa shape index (κ2) is 16.1. The summed E-state index contributed by atoms with van der Waals surface area (Å²) >= 11 is 1.64. The largest absolute Gasteiger partial charge is 0.254 e. The molecule has 0 fully saturated rings. The van der Waals surface area contributed by atoms with Crippen LogP contribution in [0.15, 0.2) is 48.9 Å². The van der Waals surface area contributed by atoms with Crippen molar-refractivity contribution in [2.45, 2.75) is 51.9 Å². The lowest BCUT2D eigenvalue weighted by Gasteiger charge is -2.13. The Kier molecular flexibility index (Phi) is 17.1. The first-order chi connectivity index (χ1) is 11.1. The highest BCUT2D eigenvalue weighted by atomic mass is 32.2. The van der Waals surface area contributed by atoms with Gasteiger partial charge >= 0.3 is 0 Å². The summed E-state index contributed by atoms with van der Waals surface area (Å²) in [6.45, 7) is 18.4. The molecule has 3 heteroatoms. The van der Waals surface area contributed by atoms with Crippen molar-refractivity contribution in [3.63, 3.8) is 0 Å². The Morgan fingerprint density at radius 1 is 1.17 bits per heavy atom. The van der Waals surface area contributed by atoms with Crippen LogP contribution in [0, 0.1) is 5.92 Å². The van der Waals surface area contributed by atoms with Gasteiger partial charge in [0.05, 0.1) is 10.8 Å². The summed E-state index contributed by atoms with van der Waals surface area (Å²) in [4.78, 5) is 1.99. The van der Waals surface area contributed by atoms with E-state index in [1.165, 1.54) is 12.8 Å². The molecule has 1 nitrogen and oxygen atoms in total. The zero-order valence-corrected chi connectivity index (χ0v) is 17.2. The Morgan fingerprint density at radius 3 is 2.09 bits per heavy atom. The van der Waals surface area contributed by atoms with Gasteiger partial charge in [-0.3, -0.25) is 4.21 Å². The van der Waals surface area contributed by atoms with Crippen molar-refractivity contribution in [2.75, 3.05) is 12.0 Å². The number of benzene rings is 1. The molecule has 0 spiro atoms. The number of hydrogen-bond acceptors (Lipinski definition) is 2. The highest BCUT2D eigenvalue weighted by Crippen LogP contribution is 2.24. The third-order valence-electron chi connectivity index (χ3n) is 3.35. The maximum Gasteiger partial charge on any atom is 0.0532 e. The highest BCUT2D eigenvalue weighted by Gasteiger charge is 2.12. The van der Waals surface area contributed by atoms with Crippen molar-refractivity contribution >= 4 is 27.5 Å². The quantitative estimate of drug-likeness (QED) is 0.478. The van der Waals surface area contributed by atoms with Crippen LogP contribution in [0.25, 0.3) is 4.91 Å². The van der Waals surface area contributed by atoms with E-state index in [-0.39, 0.29) is 0 Å². The normalized spacial score (nSPS) is 12.0. The fourth-order valence-electron chi connectivity index (χ4n) is 2.03. The fraction of sp³-hybridized carbons (Fsp3) is 0.500. The van der Waals surface area contributed by atoms with Crippen LogP contribution in [-0.2, 0) is 10.8 Å². The van der Waals surface area contributed by atoms with Gasteiger partial charge in [0.2, 0.25) is 0 Å². The second-order valence-electron chi connectivity index (χ2n) is 4.73. The molecule has 0 radical (unpaired) electrons. The van der Waals surface area contributed by atoms with Gasteiger partial charge in [-0.25, -0.2) is 0 Å². The van der Waals surface area contributed by atoms with E-state index in [2.05, 4.69) is 33.6 Å². The lowest BCUT2D eigenvalue weighted by Crippen LogP contribution is -2.10. The molecule has 0 bridgehead atoms. The molecule has 0 saturated carbocycles. The van der Waals surface area contributed by atoms with Crippen LogP contribution in [0.4, 0.5) is 0 Å². The van der Waals surface area contributed by atoms with Crippen LogP contribution in [0.2, 0.25) is 0 Å². The third kappa shape index (κ3) is 9.83. The maximum atomic E-state index is 12.3. The van der Waals surface area contributed by atoms with Crippen LogP contribution in [0.3, 0.4) is 0 Å². The first-order valence-electron chi connectivity index (χ1n) is 8.34. The zero-order chi connectivity index (χ0) is 18.3. The first kappa shape index (κ1) is 24.5. The molecule has 1 aromatic carbocycles. The van der Waals surface area contributed by atoms with Crippen molar-refractivity contribution in [3.8, 4) is 0 Å². The molecule has 2 unspecified atom stereocenters. The van der Waals surface area contributed by atoms with E-state index >= 15 is 0 Å². The minimum absolute atomic E-state index is 0.576. The van der Waals surface area contributed by atoms with Gasteiger partial charge in [-0.15, -0.1) is 24.9 Å². The summed E-state index contributed by atoms with van der Waals surface area (Å²) in [5, 5.41) is 0. The van der Waals surface area contributed by atoms with Gasteiger partial charge in [0.15, 0.2) is 0 Å². The van der Waals surface area contributed by atoms with Crippen molar-refractivity contribution in [1.82, 2.24) is 0 Å². The fourth-order valence-corrected chi connectivity index (χ4v) is 3.87. The van der Waals surface area contributed by atoms with Crippen LogP contribution in [0.1, 0.15) is 52.5 Å². The average Bonchev–Trinajstić information content (AvgIpc) is 2.64. The molecular weight excluding hydrogens is 320 g/mol. The van der Waals surface area contributed by atoms with Crippen molar-refractivity contribution in [2.24, 2.45) is 5.92 Å². The second-order valence-corrected chi connectivity index (χ2v) is 7.12. The van der Waals surface area contributed by atoms with E-state index in [1.807, 2.05) is 44.4 Å². The molecular formula is C20H34OS2. The number of hydrogen-bond donors (Lipinski definition) is 0. The lowest BCUT2D eigenvalue weighted by molar-refractivity contribution is 0.511. The lowest BCUT2D eigenvalue weighted by atomic mass is 10.0. The smallest absolute Gasteiger partial charge is 0.0532 e. The van der Waals surface area contributed by atoms with Crippen LogP contribution >= 0.6 is 11.8 Å². The minimum atomic E-state index is -0.875. The van der Waals surface area contributed by atoms with Gasteiger partial charge in [0, 0.05) is 15.6 Å². The van der Waals surface area contributed by atoms with E-state index in [4.69, 9.17) is 0 Å². The summed E-state index contributed by atoms with van der Waals surface area (Å²) in [5.74, 6) is 1.36. The molecule has 0 amide bonds. The highest BCUT2D eigenvalue weighted by molar-refractivity contribution is 8.07. The monoisotopic (exact) mass is 354 g/mol. The molecule has 0 aliphatic rings. The molecule has 0 aliphatic carbocycles. The zero-order valence-electron chi connectivity index (χ0n) is 15.6. The number of rotatable bonds is 8. The van der Waals surface area contributed by atoms with E-state index in [0.717, 1.165) is 27.5 Å². The van der Waals surface area contributed by atoms with E-state index < -0.39 is 10.8 Å². The minimum Gasteiger partial charge on any atom is -0.254 e. The Bertz CT molecular complexity index is 437. The standard InChI is InChI=1S/C16H24OS2.C2H6.C2H4/c1-5-7-14(6-2)12-19(17)16-10-8-15(9-11-16)13(3)18-4;2*1-2/h8-11,14H,3,5-7,12H2,1-2,4H3;1-2H3;1-2H2. The van der Waals surface area contributed by atoms with Gasteiger partial charge in [-0.2, -0.15) is 0 Å². The molecule has 0 heterocycles. The van der Waals surface area contributed by atoms with Crippen molar-refractivity contribution in [3.05, 3.63) is 49.6 Å². The summed E-state index contributed by atoms with van der Waals surface area (Å²) < 4.78 is 12.3. The van der Waals surface area contributed by atoms with Gasteiger partial charge in [0.25, 0.3) is 0 Å². The molecule has 23 heavy (non-hydrogen) atoms. The third-order valence-corrected chi connectivity index (χ3v) is 5.65. The molecule has 0 aromatic heterocycles. The molecule has 0 aliphatic heterocycles. The maximum absolute atomic E-state index is 12.3. The van der Waals surface area contributed by atoms with Crippen molar-refractivity contribution in [1.29, 1.82) is 0 Å². The van der Waals surface area contributed by atoms with Gasteiger partial charge in [0.1, 0.15) is 0 Å². The van der Waals surface area contributed by atoms with E-state index in [9.17, 15) is 4.21 Å².